The summed E-state index contributed by atoms with van der Waals surface area (Å²) in [6.07, 6.45) is 1.46. The van der Waals surface area contributed by atoms with Gasteiger partial charge in [0.05, 0.1) is 4.90 Å². The van der Waals surface area contributed by atoms with Crippen LogP contribution in [0.4, 0.5) is 0 Å². The van der Waals surface area contributed by atoms with Crippen LogP contribution in [-0.2, 0) is 20.2 Å². The second-order valence-electron chi connectivity index (χ2n) is 6.45. The van der Waals surface area contributed by atoms with Crippen molar-refractivity contribution in [2.45, 2.75) is 50.0 Å². The van der Waals surface area contributed by atoms with Gasteiger partial charge >= 0.3 is 5.97 Å². The van der Waals surface area contributed by atoms with Crippen molar-refractivity contribution in [3.63, 3.8) is 0 Å². The smallest absolute Gasteiger partial charge is 0.318 e. The summed E-state index contributed by atoms with van der Waals surface area (Å²) in [7, 11) is -3.74. The standard InChI is InChI=1S/C15H21NO4S/c1-15(2,3)11-4-8-13(9-5-11)21(19,20)16(10-14(17)18)12-6-7-12/h4-5,8-9,12H,6-7,10H2,1-3H3,(H,17,18). The van der Waals surface area contributed by atoms with Crippen LogP contribution in [0.1, 0.15) is 39.2 Å². The highest BCUT2D eigenvalue weighted by atomic mass is 32.2. The molecule has 0 aromatic heterocycles. The predicted molar refractivity (Wildman–Crippen MR) is 79.7 cm³/mol. The molecule has 6 heteroatoms. The van der Waals surface area contributed by atoms with E-state index in [0.29, 0.717) is 0 Å². The first-order valence-corrected chi connectivity index (χ1v) is 8.40. The molecular formula is C15H21NO4S. The van der Waals surface area contributed by atoms with Crippen LogP contribution in [0.2, 0.25) is 0 Å². The van der Waals surface area contributed by atoms with Crippen LogP contribution in [0.25, 0.3) is 0 Å². The van der Waals surface area contributed by atoms with Crippen molar-refractivity contribution in [3.8, 4) is 0 Å². The molecule has 0 radical (unpaired) electrons. The molecule has 0 aliphatic heterocycles. The van der Waals surface area contributed by atoms with Gasteiger partial charge in [-0.3, -0.25) is 4.79 Å². The molecule has 0 heterocycles. The summed E-state index contributed by atoms with van der Waals surface area (Å²) in [5, 5.41) is 8.92. The Hall–Kier alpha value is -1.40. The lowest BCUT2D eigenvalue weighted by atomic mass is 9.87. The summed E-state index contributed by atoms with van der Waals surface area (Å²) >= 11 is 0. The van der Waals surface area contributed by atoms with Crippen molar-refractivity contribution in [1.29, 1.82) is 0 Å². The minimum absolute atomic E-state index is 0.0560. The normalized spacial score (nSPS) is 16.2. The summed E-state index contributed by atoms with van der Waals surface area (Å²) in [4.78, 5) is 11.1. The maximum atomic E-state index is 12.6. The first-order chi connectivity index (χ1) is 9.62. The second kappa shape index (κ2) is 5.42. The van der Waals surface area contributed by atoms with E-state index in [9.17, 15) is 13.2 Å². The van der Waals surface area contributed by atoms with Crippen LogP contribution in [-0.4, -0.2) is 36.4 Å². The largest absolute Gasteiger partial charge is 0.480 e. The molecule has 0 saturated heterocycles. The van der Waals surface area contributed by atoms with Gasteiger partial charge in [0.15, 0.2) is 0 Å². The highest BCUT2D eigenvalue weighted by Crippen LogP contribution is 2.32. The predicted octanol–water partition coefficient (Wildman–Crippen LogP) is 2.22. The quantitative estimate of drug-likeness (QED) is 0.905. The topological polar surface area (TPSA) is 74.7 Å². The number of carbonyl (C=O) groups is 1. The molecule has 21 heavy (non-hydrogen) atoms. The van der Waals surface area contributed by atoms with E-state index in [1.165, 1.54) is 0 Å². The van der Waals surface area contributed by atoms with E-state index in [0.717, 1.165) is 22.7 Å². The zero-order valence-electron chi connectivity index (χ0n) is 12.5. The summed E-state index contributed by atoms with van der Waals surface area (Å²) in [6.45, 7) is 5.68. The van der Waals surface area contributed by atoms with Crippen LogP contribution in [0.5, 0.6) is 0 Å². The molecule has 1 fully saturated rings. The van der Waals surface area contributed by atoms with E-state index < -0.39 is 22.5 Å². The minimum Gasteiger partial charge on any atom is -0.480 e. The molecular weight excluding hydrogens is 290 g/mol. The summed E-state index contributed by atoms with van der Waals surface area (Å²) < 4.78 is 26.2. The van der Waals surface area contributed by atoms with E-state index in [1.54, 1.807) is 24.3 Å². The van der Waals surface area contributed by atoms with E-state index in [4.69, 9.17) is 5.11 Å². The number of rotatable bonds is 5. The molecule has 1 aliphatic rings. The fourth-order valence-electron chi connectivity index (χ4n) is 2.17. The Labute approximate surface area is 125 Å². The van der Waals surface area contributed by atoms with Crippen molar-refractivity contribution in [2.75, 3.05) is 6.54 Å². The average molecular weight is 311 g/mol. The van der Waals surface area contributed by atoms with Gasteiger partial charge in [-0.15, -0.1) is 0 Å². The molecule has 0 unspecified atom stereocenters. The third-order valence-corrected chi connectivity index (χ3v) is 5.48. The monoisotopic (exact) mass is 311 g/mol. The highest BCUT2D eigenvalue weighted by Gasteiger charge is 2.39. The van der Waals surface area contributed by atoms with Gasteiger partial charge in [0.25, 0.3) is 0 Å². The van der Waals surface area contributed by atoms with Gasteiger partial charge in [-0.1, -0.05) is 32.9 Å². The van der Waals surface area contributed by atoms with Crippen molar-refractivity contribution in [1.82, 2.24) is 4.31 Å². The van der Waals surface area contributed by atoms with Gasteiger partial charge in [-0.2, -0.15) is 4.31 Å². The van der Waals surface area contributed by atoms with Crippen LogP contribution in [0, 0.1) is 0 Å². The Balaban J connectivity index is 2.31. The molecule has 2 rings (SSSR count). The molecule has 5 nitrogen and oxygen atoms in total. The number of carboxylic acid groups (broad SMARTS) is 1. The molecule has 0 bridgehead atoms. The fourth-order valence-corrected chi connectivity index (χ4v) is 3.80. The molecule has 0 spiro atoms. The van der Waals surface area contributed by atoms with Crippen molar-refractivity contribution in [3.05, 3.63) is 29.8 Å². The van der Waals surface area contributed by atoms with E-state index in [2.05, 4.69) is 20.8 Å². The average Bonchev–Trinajstić information content (AvgIpc) is 3.19. The minimum atomic E-state index is -3.74. The van der Waals surface area contributed by atoms with E-state index in [1.807, 2.05) is 0 Å². The number of hydrogen-bond donors (Lipinski definition) is 1. The Kier molecular flexibility index (Phi) is 4.13. The van der Waals surface area contributed by atoms with Gasteiger partial charge in [0.2, 0.25) is 10.0 Å². The number of benzene rings is 1. The first-order valence-electron chi connectivity index (χ1n) is 6.96. The Bertz CT molecular complexity index is 625. The lowest BCUT2D eigenvalue weighted by Crippen LogP contribution is -2.37. The van der Waals surface area contributed by atoms with Gasteiger partial charge in [-0.25, -0.2) is 8.42 Å². The van der Waals surface area contributed by atoms with Crippen LogP contribution >= 0.6 is 0 Å². The van der Waals surface area contributed by atoms with E-state index in [-0.39, 0.29) is 16.4 Å². The highest BCUT2D eigenvalue weighted by molar-refractivity contribution is 7.89. The third kappa shape index (κ3) is 3.63. The lowest BCUT2D eigenvalue weighted by Gasteiger charge is -2.22. The zero-order chi connectivity index (χ0) is 15.8. The summed E-state index contributed by atoms with van der Waals surface area (Å²) in [5.74, 6) is -1.13. The summed E-state index contributed by atoms with van der Waals surface area (Å²) in [5.41, 5.74) is 0.983. The molecule has 0 atom stereocenters. The fraction of sp³-hybridized carbons (Fsp3) is 0.533. The first kappa shape index (κ1) is 16.0. The zero-order valence-corrected chi connectivity index (χ0v) is 13.4. The van der Waals surface area contributed by atoms with Gasteiger partial charge in [0.1, 0.15) is 6.54 Å². The molecule has 116 valence electrons. The van der Waals surface area contributed by atoms with Crippen LogP contribution in [0.3, 0.4) is 0 Å². The maximum absolute atomic E-state index is 12.6. The number of carboxylic acids is 1. The second-order valence-corrected chi connectivity index (χ2v) is 8.34. The van der Waals surface area contributed by atoms with Crippen molar-refractivity contribution in [2.24, 2.45) is 0 Å². The van der Waals surface area contributed by atoms with Crippen molar-refractivity contribution < 1.29 is 18.3 Å². The lowest BCUT2D eigenvalue weighted by molar-refractivity contribution is -0.137. The number of sulfonamides is 1. The molecule has 1 saturated carbocycles. The van der Waals surface area contributed by atoms with Crippen LogP contribution in [0.15, 0.2) is 29.2 Å². The maximum Gasteiger partial charge on any atom is 0.318 e. The molecule has 1 aliphatic carbocycles. The molecule has 1 N–H and O–H groups in total. The van der Waals surface area contributed by atoms with Crippen LogP contribution < -0.4 is 0 Å². The van der Waals surface area contributed by atoms with E-state index >= 15 is 0 Å². The van der Waals surface area contributed by atoms with Gasteiger partial charge in [-0.05, 0) is 36.0 Å². The SMILES string of the molecule is CC(C)(C)c1ccc(S(=O)(=O)N(CC(=O)O)C2CC2)cc1. The molecule has 1 aromatic rings. The number of nitrogens with zero attached hydrogens (tertiary/aromatic N) is 1. The van der Waals surface area contributed by atoms with Gasteiger partial charge < -0.3 is 5.11 Å². The van der Waals surface area contributed by atoms with Gasteiger partial charge in [0, 0.05) is 6.04 Å². The summed E-state index contributed by atoms with van der Waals surface area (Å²) in [6, 6.07) is 6.53. The molecule has 0 amide bonds. The Morgan fingerprint density at radius 3 is 2.14 bits per heavy atom. The number of hydrogen-bond acceptors (Lipinski definition) is 3. The number of aliphatic carboxylic acids is 1. The van der Waals surface area contributed by atoms with Crippen molar-refractivity contribution >= 4 is 16.0 Å². The third-order valence-electron chi connectivity index (χ3n) is 3.57. The molecule has 1 aromatic carbocycles. The Morgan fingerprint density at radius 1 is 1.24 bits per heavy atom. The Morgan fingerprint density at radius 2 is 1.76 bits per heavy atom.